The maximum absolute atomic E-state index is 12.1. The number of amides is 1. The molecule has 1 aliphatic rings. The highest BCUT2D eigenvalue weighted by Crippen LogP contribution is 2.30. The predicted molar refractivity (Wildman–Crippen MR) is 81.0 cm³/mol. The van der Waals surface area contributed by atoms with Gasteiger partial charge in [0.15, 0.2) is 0 Å². The summed E-state index contributed by atoms with van der Waals surface area (Å²) in [4.78, 5) is 12.6. The summed E-state index contributed by atoms with van der Waals surface area (Å²) < 4.78 is 0. The number of hydrogen-bond donors (Lipinski definition) is 2. The summed E-state index contributed by atoms with van der Waals surface area (Å²) in [7, 11) is 0. The number of carbonyl (C=O) groups is 1. The molecule has 1 amide bonds. The van der Waals surface area contributed by atoms with Gasteiger partial charge < -0.3 is 11.1 Å². The molecule has 0 unspecified atom stereocenters. The number of aryl methyl sites for hydroxylation is 1. The van der Waals surface area contributed by atoms with E-state index < -0.39 is 5.54 Å². The molecule has 1 saturated carbocycles. The Bertz CT molecular complexity index is 475. The highest BCUT2D eigenvalue weighted by Gasteiger charge is 2.37. The van der Waals surface area contributed by atoms with Gasteiger partial charge in [0.1, 0.15) is 0 Å². The van der Waals surface area contributed by atoms with Crippen molar-refractivity contribution in [2.45, 2.75) is 44.6 Å². The Morgan fingerprint density at radius 3 is 2.42 bits per heavy atom. The van der Waals surface area contributed by atoms with Crippen LogP contribution in [0, 0.1) is 6.92 Å². The molecule has 1 fully saturated rings. The average molecular weight is 276 g/mol. The lowest BCUT2D eigenvalue weighted by Gasteiger charge is -2.29. The van der Waals surface area contributed by atoms with E-state index in [1.54, 1.807) is 0 Å². The molecule has 0 spiro atoms. The third kappa shape index (κ3) is 3.32. The third-order valence-corrected chi connectivity index (χ3v) is 4.18. The van der Waals surface area contributed by atoms with Gasteiger partial charge in [0.2, 0.25) is 5.91 Å². The van der Waals surface area contributed by atoms with Gasteiger partial charge in [0.25, 0.3) is 0 Å². The molecule has 1 aliphatic carbocycles. The molecule has 0 bridgehead atoms. The van der Waals surface area contributed by atoms with Crippen LogP contribution in [0.3, 0.4) is 0 Å². The van der Waals surface area contributed by atoms with E-state index in [4.69, 9.17) is 18.0 Å². The van der Waals surface area contributed by atoms with Crippen molar-refractivity contribution >= 4 is 23.1 Å². The molecule has 0 aliphatic heterocycles. The largest absolute Gasteiger partial charge is 0.391 e. The van der Waals surface area contributed by atoms with Gasteiger partial charge in [-0.2, -0.15) is 0 Å². The Labute approximate surface area is 119 Å². The molecule has 102 valence electrons. The van der Waals surface area contributed by atoms with Crippen molar-refractivity contribution in [1.29, 1.82) is 0 Å². The van der Waals surface area contributed by atoms with Crippen molar-refractivity contribution in [2.75, 3.05) is 0 Å². The van der Waals surface area contributed by atoms with E-state index in [1.165, 1.54) is 5.56 Å². The van der Waals surface area contributed by atoms with Gasteiger partial charge in [0.05, 0.1) is 16.9 Å². The molecule has 2 rings (SSSR count). The van der Waals surface area contributed by atoms with Crippen LogP contribution in [0.5, 0.6) is 0 Å². The second-order valence-corrected chi connectivity index (χ2v) is 5.80. The maximum atomic E-state index is 12.1. The summed E-state index contributed by atoms with van der Waals surface area (Å²) in [5.74, 6) is -0.00134. The van der Waals surface area contributed by atoms with Crippen LogP contribution < -0.4 is 11.1 Å². The summed E-state index contributed by atoms with van der Waals surface area (Å²) in [5.41, 5.74) is 7.57. The Morgan fingerprint density at radius 2 is 1.89 bits per heavy atom. The maximum Gasteiger partial charge on any atom is 0.225 e. The SMILES string of the molecule is Cc1ccc(CC(=O)NC2(C(N)=S)CCCC2)cc1. The van der Waals surface area contributed by atoms with E-state index in [0.29, 0.717) is 11.4 Å². The van der Waals surface area contributed by atoms with Crippen LogP contribution in [0.4, 0.5) is 0 Å². The fourth-order valence-corrected chi connectivity index (χ4v) is 2.87. The van der Waals surface area contributed by atoms with E-state index in [-0.39, 0.29) is 5.91 Å². The first-order valence-corrected chi connectivity index (χ1v) is 7.09. The van der Waals surface area contributed by atoms with Gasteiger partial charge in [-0.25, -0.2) is 0 Å². The molecule has 0 radical (unpaired) electrons. The minimum Gasteiger partial charge on any atom is -0.391 e. The zero-order valence-electron chi connectivity index (χ0n) is 11.2. The molecule has 19 heavy (non-hydrogen) atoms. The zero-order valence-corrected chi connectivity index (χ0v) is 12.1. The van der Waals surface area contributed by atoms with Crippen LogP contribution in [0.2, 0.25) is 0 Å². The number of rotatable bonds is 4. The van der Waals surface area contributed by atoms with Crippen molar-refractivity contribution < 1.29 is 4.79 Å². The lowest BCUT2D eigenvalue weighted by atomic mass is 9.97. The van der Waals surface area contributed by atoms with Crippen LogP contribution in [0.1, 0.15) is 36.8 Å². The van der Waals surface area contributed by atoms with Gasteiger partial charge in [0, 0.05) is 0 Å². The molecule has 3 N–H and O–H groups in total. The van der Waals surface area contributed by atoms with Crippen LogP contribution >= 0.6 is 12.2 Å². The fraction of sp³-hybridized carbons (Fsp3) is 0.467. The van der Waals surface area contributed by atoms with Gasteiger partial charge in [-0.05, 0) is 25.3 Å². The molecular weight excluding hydrogens is 256 g/mol. The molecule has 1 aromatic rings. The zero-order chi connectivity index (χ0) is 13.9. The highest BCUT2D eigenvalue weighted by atomic mass is 32.1. The number of nitrogens with two attached hydrogens (primary N) is 1. The van der Waals surface area contributed by atoms with Crippen LogP contribution in [0.25, 0.3) is 0 Å². The normalized spacial score (nSPS) is 17.1. The molecule has 1 aromatic carbocycles. The smallest absolute Gasteiger partial charge is 0.225 e. The van der Waals surface area contributed by atoms with Crippen LogP contribution in [-0.4, -0.2) is 16.4 Å². The molecule has 0 atom stereocenters. The molecule has 4 heteroatoms. The standard InChI is InChI=1S/C15H20N2OS/c1-11-4-6-12(7-5-11)10-13(18)17-15(14(16)19)8-2-3-9-15/h4-7H,2-3,8-10H2,1H3,(H2,16,19)(H,17,18). The van der Waals surface area contributed by atoms with E-state index in [9.17, 15) is 4.79 Å². The summed E-state index contributed by atoms with van der Waals surface area (Å²) >= 11 is 5.13. The van der Waals surface area contributed by atoms with Crippen LogP contribution in [0.15, 0.2) is 24.3 Å². The Balaban J connectivity index is 2.00. The van der Waals surface area contributed by atoms with Crippen molar-refractivity contribution in [3.05, 3.63) is 35.4 Å². The van der Waals surface area contributed by atoms with Crippen molar-refractivity contribution in [1.82, 2.24) is 5.32 Å². The van der Waals surface area contributed by atoms with Crippen molar-refractivity contribution in [2.24, 2.45) is 5.73 Å². The van der Waals surface area contributed by atoms with Gasteiger partial charge >= 0.3 is 0 Å². The second kappa shape index (κ2) is 5.70. The van der Waals surface area contributed by atoms with Gasteiger partial charge in [-0.3, -0.25) is 4.79 Å². The fourth-order valence-electron chi connectivity index (χ4n) is 2.61. The Kier molecular flexibility index (Phi) is 4.20. The summed E-state index contributed by atoms with van der Waals surface area (Å²) in [6.07, 6.45) is 4.25. The molecular formula is C15H20N2OS. The second-order valence-electron chi connectivity index (χ2n) is 5.36. The highest BCUT2D eigenvalue weighted by molar-refractivity contribution is 7.80. The van der Waals surface area contributed by atoms with Gasteiger partial charge in [-0.1, -0.05) is 54.9 Å². The quantitative estimate of drug-likeness (QED) is 0.829. The van der Waals surface area contributed by atoms with E-state index in [0.717, 1.165) is 31.2 Å². The topological polar surface area (TPSA) is 55.1 Å². The van der Waals surface area contributed by atoms with Crippen molar-refractivity contribution in [3.8, 4) is 0 Å². The molecule has 0 aromatic heterocycles. The number of carbonyl (C=O) groups excluding carboxylic acids is 1. The van der Waals surface area contributed by atoms with E-state index >= 15 is 0 Å². The van der Waals surface area contributed by atoms with Crippen molar-refractivity contribution in [3.63, 3.8) is 0 Å². The Morgan fingerprint density at radius 1 is 1.32 bits per heavy atom. The number of benzene rings is 1. The first-order valence-electron chi connectivity index (χ1n) is 6.68. The number of hydrogen-bond acceptors (Lipinski definition) is 2. The first-order chi connectivity index (χ1) is 9.02. The lowest BCUT2D eigenvalue weighted by molar-refractivity contribution is -0.121. The van der Waals surface area contributed by atoms with Crippen LogP contribution in [-0.2, 0) is 11.2 Å². The molecule has 0 heterocycles. The monoisotopic (exact) mass is 276 g/mol. The van der Waals surface area contributed by atoms with Gasteiger partial charge in [-0.15, -0.1) is 0 Å². The third-order valence-electron chi connectivity index (χ3n) is 3.79. The summed E-state index contributed by atoms with van der Waals surface area (Å²) in [6, 6.07) is 8.00. The molecule has 0 saturated heterocycles. The Hall–Kier alpha value is -1.42. The summed E-state index contributed by atoms with van der Waals surface area (Å²) in [5, 5.41) is 3.05. The molecule has 3 nitrogen and oxygen atoms in total. The van der Waals surface area contributed by atoms with E-state index in [1.807, 2.05) is 31.2 Å². The predicted octanol–water partition coefficient (Wildman–Crippen LogP) is 2.25. The number of nitrogens with one attached hydrogen (secondary N) is 1. The lowest BCUT2D eigenvalue weighted by Crippen LogP contribution is -2.55. The minimum atomic E-state index is -0.447. The number of thiocarbonyl (C=S) groups is 1. The average Bonchev–Trinajstić information content (AvgIpc) is 2.82. The summed E-state index contributed by atoms with van der Waals surface area (Å²) in [6.45, 7) is 2.03. The minimum absolute atomic E-state index is 0.00134. The van der Waals surface area contributed by atoms with E-state index in [2.05, 4.69) is 5.32 Å². The first kappa shape index (κ1) is 14.0.